The quantitative estimate of drug-likeness (QED) is 0.252. The lowest BCUT2D eigenvalue weighted by Crippen LogP contribution is -2.70. The number of ether oxygens (including phenoxy) is 2. The van der Waals surface area contributed by atoms with E-state index in [9.17, 15) is 35.1 Å². The van der Waals surface area contributed by atoms with E-state index in [-0.39, 0.29) is 5.56 Å². The van der Waals surface area contributed by atoms with Crippen LogP contribution >= 0.6 is 0 Å². The van der Waals surface area contributed by atoms with Crippen LogP contribution in [0.25, 0.3) is 0 Å². The number of nitrogens with one attached hydrogen (secondary N) is 1. The summed E-state index contributed by atoms with van der Waals surface area (Å²) < 4.78 is 10.3. The number of carbonyl (C=O) groups is 2. The van der Waals surface area contributed by atoms with Crippen molar-refractivity contribution in [3.8, 4) is 5.75 Å². The zero-order chi connectivity index (χ0) is 21.9. The highest BCUT2D eigenvalue weighted by Gasteiger charge is 2.60. The van der Waals surface area contributed by atoms with Crippen LogP contribution in [-0.4, -0.2) is 92.5 Å². The fourth-order valence-electron chi connectivity index (χ4n) is 3.44. The van der Waals surface area contributed by atoms with E-state index >= 15 is 0 Å². The number of aliphatic carboxylic acids is 1. The van der Waals surface area contributed by atoms with E-state index < -0.39 is 60.6 Å². The molecule has 29 heavy (non-hydrogen) atoms. The molecule has 0 spiro atoms. The number of aliphatic hydroxyl groups is 5. The Labute approximate surface area is 166 Å². The van der Waals surface area contributed by atoms with E-state index in [1.165, 1.54) is 25.3 Å². The predicted molar refractivity (Wildman–Crippen MR) is 95.9 cm³/mol. The highest BCUT2D eigenvalue weighted by molar-refractivity contribution is 5.78. The van der Waals surface area contributed by atoms with Gasteiger partial charge in [-0.25, -0.2) is 4.79 Å². The van der Waals surface area contributed by atoms with Crippen LogP contribution in [0.15, 0.2) is 24.3 Å². The van der Waals surface area contributed by atoms with Crippen LogP contribution in [0.3, 0.4) is 0 Å². The number of carbonyl (C=O) groups excluding carboxylic acids is 1. The predicted octanol–water partition coefficient (Wildman–Crippen LogP) is -2.47. The van der Waals surface area contributed by atoms with E-state index in [1.54, 1.807) is 6.07 Å². The molecule has 1 saturated heterocycles. The third-order valence-electron chi connectivity index (χ3n) is 4.85. The molecule has 0 bridgehead atoms. The summed E-state index contributed by atoms with van der Waals surface area (Å²) in [4.78, 5) is 23.5. The number of carboxylic acids is 1. The molecule has 162 valence electrons. The molecule has 1 fully saturated rings. The van der Waals surface area contributed by atoms with E-state index in [1.807, 2.05) is 0 Å². The van der Waals surface area contributed by atoms with Crippen molar-refractivity contribution in [3.05, 3.63) is 29.8 Å². The van der Waals surface area contributed by atoms with Gasteiger partial charge in [0.05, 0.1) is 31.8 Å². The molecule has 0 saturated carbocycles. The summed E-state index contributed by atoms with van der Waals surface area (Å²) >= 11 is 0. The third kappa shape index (κ3) is 4.50. The first-order valence-electron chi connectivity index (χ1n) is 8.76. The zero-order valence-electron chi connectivity index (χ0n) is 15.8. The number of carboxylic acid groups (broad SMARTS) is 1. The third-order valence-corrected chi connectivity index (χ3v) is 4.85. The number of benzene rings is 1. The lowest BCUT2D eigenvalue weighted by molar-refractivity contribution is -0.305. The van der Waals surface area contributed by atoms with Crippen molar-refractivity contribution in [3.63, 3.8) is 0 Å². The SMILES string of the molecule is COc1cccc(C2[C@H](O)[C@@H](NC(C)=O)[C@H]([C@H](O)[C@H](O)CO)OC2(O)C(=O)O)c1. The number of rotatable bonds is 7. The molecule has 1 aliphatic heterocycles. The van der Waals surface area contributed by atoms with Gasteiger partial charge in [-0.2, -0.15) is 0 Å². The van der Waals surface area contributed by atoms with Crippen molar-refractivity contribution in [1.82, 2.24) is 5.32 Å². The van der Waals surface area contributed by atoms with Crippen LogP contribution in [0, 0.1) is 0 Å². The van der Waals surface area contributed by atoms with Crippen molar-refractivity contribution in [2.24, 2.45) is 0 Å². The Balaban J connectivity index is 2.58. The Bertz CT molecular complexity index is 743. The second-order valence-electron chi connectivity index (χ2n) is 6.80. The van der Waals surface area contributed by atoms with Gasteiger partial charge in [-0.3, -0.25) is 4.79 Å². The van der Waals surface area contributed by atoms with Crippen molar-refractivity contribution < 1.29 is 49.7 Å². The zero-order valence-corrected chi connectivity index (χ0v) is 15.8. The maximum Gasteiger partial charge on any atom is 0.365 e. The minimum Gasteiger partial charge on any atom is -0.497 e. The van der Waals surface area contributed by atoms with Gasteiger partial charge < -0.3 is 45.4 Å². The van der Waals surface area contributed by atoms with E-state index in [4.69, 9.17) is 14.6 Å². The van der Waals surface area contributed by atoms with Crippen LogP contribution in [-0.2, 0) is 14.3 Å². The lowest BCUT2D eigenvalue weighted by atomic mass is 9.76. The Morgan fingerprint density at radius 1 is 1.34 bits per heavy atom. The second-order valence-corrected chi connectivity index (χ2v) is 6.80. The fourth-order valence-corrected chi connectivity index (χ4v) is 3.44. The van der Waals surface area contributed by atoms with Gasteiger partial charge in [0.15, 0.2) is 0 Å². The molecule has 1 heterocycles. The number of amides is 1. The van der Waals surface area contributed by atoms with Gasteiger partial charge in [-0.05, 0) is 17.7 Å². The smallest absolute Gasteiger partial charge is 0.365 e. The number of aliphatic hydroxyl groups excluding tert-OH is 4. The molecule has 1 amide bonds. The van der Waals surface area contributed by atoms with E-state index in [2.05, 4.69) is 5.32 Å². The summed E-state index contributed by atoms with van der Waals surface area (Å²) in [5.41, 5.74) is 0.132. The van der Waals surface area contributed by atoms with Gasteiger partial charge in [0, 0.05) is 6.92 Å². The molecule has 1 aliphatic rings. The number of hydrogen-bond donors (Lipinski definition) is 7. The van der Waals surface area contributed by atoms with Gasteiger partial charge in [-0.1, -0.05) is 12.1 Å². The van der Waals surface area contributed by atoms with Crippen molar-refractivity contribution in [1.29, 1.82) is 0 Å². The molecule has 2 unspecified atom stereocenters. The molecular formula is C18H25NO10. The standard InChI is InChI=1S/C18H25NO10/c1-8(21)19-13-15(24)12(9-4-3-5-10(6-9)28-2)18(27,17(25)26)29-16(13)14(23)11(22)7-20/h3-6,11-16,20,22-24,27H,7H2,1-2H3,(H,19,21)(H,25,26)/t11-,12?,13-,14-,15+,16-,18?/m1/s1. The first-order valence-corrected chi connectivity index (χ1v) is 8.76. The topological polar surface area (TPSA) is 186 Å². The largest absolute Gasteiger partial charge is 0.497 e. The molecule has 1 aromatic carbocycles. The Kier molecular flexibility index (Phi) is 7.16. The molecule has 0 aliphatic carbocycles. The van der Waals surface area contributed by atoms with Gasteiger partial charge in [-0.15, -0.1) is 0 Å². The lowest BCUT2D eigenvalue weighted by Gasteiger charge is -2.49. The summed E-state index contributed by atoms with van der Waals surface area (Å²) in [5, 5.41) is 62.9. The summed E-state index contributed by atoms with van der Waals surface area (Å²) in [6.07, 6.45) is -7.22. The van der Waals surface area contributed by atoms with Crippen LogP contribution in [0.4, 0.5) is 0 Å². The maximum absolute atomic E-state index is 11.9. The molecule has 7 N–H and O–H groups in total. The second kappa shape index (κ2) is 9.03. The maximum atomic E-state index is 11.9. The van der Waals surface area contributed by atoms with Gasteiger partial charge in [0.25, 0.3) is 5.79 Å². The Morgan fingerprint density at radius 2 is 2.00 bits per heavy atom. The van der Waals surface area contributed by atoms with Crippen molar-refractivity contribution in [2.75, 3.05) is 13.7 Å². The summed E-state index contributed by atoms with van der Waals surface area (Å²) in [7, 11) is 1.37. The average Bonchev–Trinajstić information content (AvgIpc) is 2.68. The van der Waals surface area contributed by atoms with E-state index in [0.717, 1.165) is 6.92 Å². The van der Waals surface area contributed by atoms with Gasteiger partial charge in [0.2, 0.25) is 5.91 Å². The average molecular weight is 415 g/mol. The molecule has 0 aromatic heterocycles. The van der Waals surface area contributed by atoms with Crippen molar-refractivity contribution >= 4 is 11.9 Å². The molecular weight excluding hydrogens is 390 g/mol. The summed E-state index contributed by atoms with van der Waals surface area (Å²) in [5.74, 6) is -6.81. The van der Waals surface area contributed by atoms with Crippen molar-refractivity contribution in [2.45, 2.75) is 49.1 Å². The first kappa shape index (κ1) is 23.0. The van der Waals surface area contributed by atoms with Crippen LogP contribution < -0.4 is 10.1 Å². The monoisotopic (exact) mass is 415 g/mol. The molecule has 7 atom stereocenters. The highest BCUT2D eigenvalue weighted by Crippen LogP contribution is 2.42. The minimum absolute atomic E-state index is 0.132. The highest BCUT2D eigenvalue weighted by atomic mass is 16.7. The molecule has 0 radical (unpaired) electrons. The Morgan fingerprint density at radius 3 is 2.52 bits per heavy atom. The van der Waals surface area contributed by atoms with E-state index in [0.29, 0.717) is 5.75 Å². The van der Waals surface area contributed by atoms with Gasteiger partial charge in [0.1, 0.15) is 24.1 Å². The minimum atomic E-state index is -3.03. The number of hydrogen-bond acceptors (Lipinski definition) is 9. The normalized spacial score (nSPS) is 31.6. The number of methoxy groups -OCH3 is 1. The summed E-state index contributed by atoms with van der Waals surface area (Å²) in [6.45, 7) is 0.214. The molecule has 2 rings (SSSR count). The molecule has 11 nitrogen and oxygen atoms in total. The van der Waals surface area contributed by atoms with Crippen LogP contribution in [0.1, 0.15) is 18.4 Å². The first-order chi connectivity index (χ1) is 13.6. The Hall–Kier alpha value is -2.28. The molecule has 11 heteroatoms. The fraction of sp³-hybridized carbons (Fsp3) is 0.556. The molecule has 1 aromatic rings. The van der Waals surface area contributed by atoms with Crippen LogP contribution in [0.5, 0.6) is 5.75 Å². The summed E-state index contributed by atoms with van der Waals surface area (Å²) in [6, 6.07) is 4.47. The van der Waals surface area contributed by atoms with Gasteiger partial charge >= 0.3 is 5.97 Å². The van der Waals surface area contributed by atoms with Crippen LogP contribution in [0.2, 0.25) is 0 Å².